The topological polar surface area (TPSA) is 72.9 Å². The van der Waals surface area contributed by atoms with E-state index in [1.54, 1.807) is 41.1 Å². The first-order valence-corrected chi connectivity index (χ1v) is 8.66. The SMILES string of the molecule is CCCN(CCO)C(=O)Nc1cccc(C(=O)N(C)c2ccccc2)c1. The summed E-state index contributed by atoms with van der Waals surface area (Å²) in [6.45, 7) is 2.71. The molecule has 6 nitrogen and oxygen atoms in total. The second-order valence-corrected chi connectivity index (χ2v) is 5.92. The molecule has 26 heavy (non-hydrogen) atoms. The molecule has 0 bridgehead atoms. The van der Waals surface area contributed by atoms with Gasteiger partial charge in [-0.05, 0) is 36.8 Å². The number of anilines is 2. The van der Waals surface area contributed by atoms with Crippen molar-refractivity contribution in [1.82, 2.24) is 4.90 Å². The van der Waals surface area contributed by atoms with E-state index in [2.05, 4.69) is 5.32 Å². The summed E-state index contributed by atoms with van der Waals surface area (Å²) in [7, 11) is 1.72. The average molecular weight is 355 g/mol. The number of aliphatic hydroxyl groups is 1. The van der Waals surface area contributed by atoms with Gasteiger partial charge in [0.25, 0.3) is 5.91 Å². The fourth-order valence-corrected chi connectivity index (χ4v) is 2.60. The molecule has 2 aromatic rings. The number of carbonyl (C=O) groups is 2. The van der Waals surface area contributed by atoms with Gasteiger partial charge < -0.3 is 20.2 Å². The van der Waals surface area contributed by atoms with Gasteiger partial charge in [-0.1, -0.05) is 31.2 Å². The van der Waals surface area contributed by atoms with Gasteiger partial charge in [0, 0.05) is 37.1 Å². The summed E-state index contributed by atoms with van der Waals surface area (Å²) in [5.74, 6) is -0.159. The fourth-order valence-electron chi connectivity index (χ4n) is 2.60. The molecule has 138 valence electrons. The molecular formula is C20H25N3O3. The minimum atomic E-state index is -0.290. The van der Waals surface area contributed by atoms with E-state index in [1.807, 2.05) is 37.3 Å². The maximum absolute atomic E-state index is 12.7. The van der Waals surface area contributed by atoms with Crippen LogP contribution in [0.3, 0.4) is 0 Å². The van der Waals surface area contributed by atoms with E-state index in [9.17, 15) is 9.59 Å². The third-order valence-corrected chi connectivity index (χ3v) is 3.96. The van der Waals surface area contributed by atoms with Crippen LogP contribution in [0.15, 0.2) is 54.6 Å². The van der Waals surface area contributed by atoms with Crippen LogP contribution in [0.2, 0.25) is 0 Å². The Hall–Kier alpha value is -2.86. The lowest BCUT2D eigenvalue weighted by molar-refractivity contribution is 0.0993. The maximum Gasteiger partial charge on any atom is 0.321 e. The lowest BCUT2D eigenvalue weighted by Gasteiger charge is -2.22. The zero-order valence-electron chi connectivity index (χ0n) is 15.2. The lowest BCUT2D eigenvalue weighted by atomic mass is 10.1. The third kappa shape index (κ3) is 5.07. The minimum absolute atomic E-state index is 0.0895. The quantitative estimate of drug-likeness (QED) is 0.801. The van der Waals surface area contributed by atoms with E-state index in [0.717, 1.165) is 12.1 Å². The highest BCUT2D eigenvalue weighted by Crippen LogP contribution is 2.17. The second-order valence-electron chi connectivity index (χ2n) is 5.92. The van der Waals surface area contributed by atoms with E-state index < -0.39 is 0 Å². The molecule has 0 radical (unpaired) electrons. The van der Waals surface area contributed by atoms with Gasteiger partial charge in [0.05, 0.1) is 6.61 Å². The Labute approximate surface area is 154 Å². The van der Waals surface area contributed by atoms with Gasteiger partial charge in [-0.15, -0.1) is 0 Å². The minimum Gasteiger partial charge on any atom is -0.395 e. The van der Waals surface area contributed by atoms with Crippen molar-refractivity contribution in [1.29, 1.82) is 0 Å². The Morgan fingerprint density at radius 3 is 2.42 bits per heavy atom. The number of nitrogens with one attached hydrogen (secondary N) is 1. The third-order valence-electron chi connectivity index (χ3n) is 3.96. The summed E-state index contributed by atoms with van der Waals surface area (Å²) in [6, 6.07) is 15.9. The average Bonchev–Trinajstić information content (AvgIpc) is 2.67. The Balaban J connectivity index is 2.12. The summed E-state index contributed by atoms with van der Waals surface area (Å²) in [6.07, 6.45) is 0.799. The van der Waals surface area contributed by atoms with E-state index in [1.165, 1.54) is 0 Å². The first-order valence-electron chi connectivity index (χ1n) is 8.66. The molecule has 6 heteroatoms. The predicted octanol–water partition coefficient (Wildman–Crippen LogP) is 3.20. The highest BCUT2D eigenvalue weighted by molar-refractivity contribution is 6.06. The smallest absolute Gasteiger partial charge is 0.321 e. The van der Waals surface area contributed by atoms with Crippen LogP contribution in [-0.2, 0) is 0 Å². The number of hydrogen-bond acceptors (Lipinski definition) is 3. The number of benzene rings is 2. The molecule has 0 aromatic heterocycles. The zero-order valence-corrected chi connectivity index (χ0v) is 15.2. The van der Waals surface area contributed by atoms with Crippen molar-refractivity contribution in [2.75, 3.05) is 37.0 Å². The van der Waals surface area contributed by atoms with Crippen LogP contribution >= 0.6 is 0 Å². The first kappa shape index (κ1) is 19.5. The molecule has 0 saturated heterocycles. The molecule has 0 heterocycles. The van der Waals surface area contributed by atoms with E-state index in [4.69, 9.17) is 5.11 Å². The molecule has 0 aliphatic heterocycles. The zero-order chi connectivity index (χ0) is 18.9. The van der Waals surface area contributed by atoms with Crippen LogP contribution < -0.4 is 10.2 Å². The molecule has 0 spiro atoms. The van der Waals surface area contributed by atoms with E-state index in [-0.39, 0.29) is 25.1 Å². The number of nitrogens with zero attached hydrogens (tertiary/aromatic N) is 2. The van der Waals surface area contributed by atoms with Crippen molar-refractivity contribution in [3.63, 3.8) is 0 Å². The number of amides is 3. The van der Waals surface area contributed by atoms with Crippen molar-refractivity contribution in [2.24, 2.45) is 0 Å². The number of para-hydroxylation sites is 1. The van der Waals surface area contributed by atoms with Gasteiger partial charge in [0.1, 0.15) is 0 Å². The predicted molar refractivity (Wildman–Crippen MR) is 104 cm³/mol. The second kappa shape index (κ2) is 9.58. The van der Waals surface area contributed by atoms with Crippen LogP contribution in [0.4, 0.5) is 16.2 Å². The molecule has 0 saturated carbocycles. The molecule has 2 N–H and O–H groups in total. The Kier molecular flexibility index (Phi) is 7.17. The highest BCUT2D eigenvalue weighted by atomic mass is 16.3. The molecule has 0 atom stereocenters. The number of urea groups is 1. The normalized spacial score (nSPS) is 10.3. The van der Waals surface area contributed by atoms with Crippen LogP contribution in [0.25, 0.3) is 0 Å². The molecule has 2 aromatic carbocycles. The van der Waals surface area contributed by atoms with Gasteiger partial charge in [0.15, 0.2) is 0 Å². The van der Waals surface area contributed by atoms with Crippen molar-refractivity contribution in [2.45, 2.75) is 13.3 Å². The van der Waals surface area contributed by atoms with Gasteiger partial charge in [0.2, 0.25) is 0 Å². The molecular weight excluding hydrogens is 330 g/mol. The number of rotatable bonds is 7. The van der Waals surface area contributed by atoms with Crippen LogP contribution in [0, 0.1) is 0 Å². The largest absolute Gasteiger partial charge is 0.395 e. The first-order chi connectivity index (χ1) is 12.6. The Morgan fingerprint density at radius 1 is 1.04 bits per heavy atom. The van der Waals surface area contributed by atoms with Gasteiger partial charge >= 0.3 is 6.03 Å². The van der Waals surface area contributed by atoms with E-state index >= 15 is 0 Å². The fraction of sp³-hybridized carbons (Fsp3) is 0.300. The maximum atomic E-state index is 12.7. The van der Waals surface area contributed by atoms with Gasteiger partial charge in [-0.25, -0.2) is 4.79 Å². The van der Waals surface area contributed by atoms with Crippen molar-refractivity contribution < 1.29 is 14.7 Å². The number of hydrogen-bond donors (Lipinski definition) is 2. The van der Waals surface area contributed by atoms with Crippen molar-refractivity contribution >= 4 is 23.3 Å². The standard InChI is InChI=1S/C20H25N3O3/c1-3-12-23(13-14-24)20(26)21-17-9-7-8-16(15-17)19(25)22(2)18-10-5-4-6-11-18/h4-11,15,24H,3,12-14H2,1-2H3,(H,21,26). The summed E-state index contributed by atoms with van der Waals surface area (Å²) >= 11 is 0. The molecule has 0 unspecified atom stereocenters. The Morgan fingerprint density at radius 2 is 1.77 bits per heavy atom. The van der Waals surface area contributed by atoms with Gasteiger partial charge in [-0.3, -0.25) is 4.79 Å². The molecule has 0 aliphatic carbocycles. The molecule has 0 aliphatic rings. The molecule has 0 fully saturated rings. The summed E-state index contributed by atoms with van der Waals surface area (Å²) < 4.78 is 0. The van der Waals surface area contributed by atoms with Crippen molar-refractivity contribution in [3.05, 3.63) is 60.2 Å². The van der Waals surface area contributed by atoms with Crippen molar-refractivity contribution in [3.8, 4) is 0 Å². The Bertz CT molecular complexity index is 728. The lowest BCUT2D eigenvalue weighted by Crippen LogP contribution is -2.37. The number of aliphatic hydroxyl groups excluding tert-OH is 1. The van der Waals surface area contributed by atoms with Crippen LogP contribution in [0.5, 0.6) is 0 Å². The van der Waals surface area contributed by atoms with E-state index in [0.29, 0.717) is 17.8 Å². The van der Waals surface area contributed by atoms with Crippen LogP contribution in [0.1, 0.15) is 23.7 Å². The monoisotopic (exact) mass is 355 g/mol. The summed E-state index contributed by atoms with van der Waals surface area (Å²) in [4.78, 5) is 28.1. The highest BCUT2D eigenvalue weighted by Gasteiger charge is 2.16. The molecule has 3 amide bonds. The summed E-state index contributed by atoms with van der Waals surface area (Å²) in [5, 5.41) is 11.9. The summed E-state index contributed by atoms with van der Waals surface area (Å²) in [5.41, 5.74) is 1.82. The number of carbonyl (C=O) groups excluding carboxylic acids is 2. The van der Waals surface area contributed by atoms with Gasteiger partial charge in [-0.2, -0.15) is 0 Å². The molecule has 2 rings (SSSR count). The van der Waals surface area contributed by atoms with Crippen LogP contribution in [-0.4, -0.2) is 48.7 Å².